The lowest BCUT2D eigenvalue weighted by molar-refractivity contribution is 0.0207. The molecule has 1 unspecified atom stereocenters. The lowest BCUT2D eigenvalue weighted by atomic mass is 10.1. The highest BCUT2D eigenvalue weighted by Gasteiger charge is 2.17. The van der Waals surface area contributed by atoms with Crippen molar-refractivity contribution in [2.75, 3.05) is 20.2 Å². The van der Waals surface area contributed by atoms with Gasteiger partial charge in [0, 0.05) is 30.8 Å². The molecule has 1 aromatic rings. The van der Waals surface area contributed by atoms with E-state index in [4.69, 9.17) is 16.3 Å². The second kappa shape index (κ2) is 6.36. The van der Waals surface area contributed by atoms with Crippen molar-refractivity contribution >= 4 is 11.6 Å². The molecule has 2 N–H and O–H groups in total. The van der Waals surface area contributed by atoms with E-state index in [-0.39, 0.29) is 5.60 Å². The van der Waals surface area contributed by atoms with Crippen LogP contribution in [0.1, 0.15) is 25.5 Å². The standard InChI is InChI=1S/C13H20ClNO2/c1-13(2,17-3)9-15-8-12(16)10-6-4-5-7-11(10)14/h4-7,12,15-16H,8-9H2,1-3H3. The zero-order chi connectivity index (χ0) is 12.9. The molecule has 0 heterocycles. The zero-order valence-electron chi connectivity index (χ0n) is 10.5. The number of benzene rings is 1. The van der Waals surface area contributed by atoms with Gasteiger partial charge in [-0.3, -0.25) is 0 Å². The van der Waals surface area contributed by atoms with Gasteiger partial charge in [0.15, 0.2) is 0 Å². The first-order valence-electron chi connectivity index (χ1n) is 5.64. The maximum absolute atomic E-state index is 9.98. The minimum absolute atomic E-state index is 0.236. The van der Waals surface area contributed by atoms with E-state index >= 15 is 0 Å². The molecule has 3 nitrogen and oxygen atoms in total. The first-order valence-corrected chi connectivity index (χ1v) is 6.02. The summed E-state index contributed by atoms with van der Waals surface area (Å²) in [7, 11) is 1.67. The molecule has 4 heteroatoms. The topological polar surface area (TPSA) is 41.5 Å². The van der Waals surface area contributed by atoms with Crippen molar-refractivity contribution in [1.82, 2.24) is 5.32 Å². The third-order valence-electron chi connectivity index (χ3n) is 2.71. The number of rotatable bonds is 6. The number of hydrogen-bond acceptors (Lipinski definition) is 3. The van der Waals surface area contributed by atoms with Crippen molar-refractivity contribution in [1.29, 1.82) is 0 Å². The third-order valence-corrected chi connectivity index (χ3v) is 3.05. The van der Waals surface area contributed by atoms with Crippen molar-refractivity contribution in [3.63, 3.8) is 0 Å². The van der Waals surface area contributed by atoms with Crippen LogP contribution < -0.4 is 5.32 Å². The number of halogens is 1. The molecule has 0 aliphatic carbocycles. The highest BCUT2D eigenvalue weighted by atomic mass is 35.5. The van der Waals surface area contributed by atoms with Crippen molar-refractivity contribution in [3.8, 4) is 0 Å². The van der Waals surface area contributed by atoms with E-state index in [1.54, 1.807) is 13.2 Å². The van der Waals surface area contributed by atoms with E-state index in [2.05, 4.69) is 5.32 Å². The smallest absolute Gasteiger partial charge is 0.0928 e. The Kier molecular flexibility index (Phi) is 5.40. The Morgan fingerprint density at radius 2 is 2.06 bits per heavy atom. The molecule has 0 amide bonds. The number of hydrogen-bond donors (Lipinski definition) is 2. The van der Waals surface area contributed by atoms with Crippen molar-refractivity contribution in [3.05, 3.63) is 34.9 Å². The van der Waals surface area contributed by atoms with E-state index in [9.17, 15) is 5.11 Å². The minimum Gasteiger partial charge on any atom is -0.387 e. The first-order chi connectivity index (χ1) is 7.96. The van der Waals surface area contributed by atoms with Crippen LogP contribution in [0.5, 0.6) is 0 Å². The summed E-state index contributed by atoms with van der Waals surface area (Å²) in [6.07, 6.45) is -0.601. The van der Waals surface area contributed by atoms with Crippen LogP contribution in [-0.2, 0) is 4.74 Å². The molecule has 0 aromatic heterocycles. The summed E-state index contributed by atoms with van der Waals surface area (Å²) < 4.78 is 5.28. The first kappa shape index (κ1) is 14.5. The van der Waals surface area contributed by atoms with Gasteiger partial charge in [0.25, 0.3) is 0 Å². The lowest BCUT2D eigenvalue weighted by Gasteiger charge is -2.24. The van der Waals surface area contributed by atoms with Gasteiger partial charge in [-0.05, 0) is 19.9 Å². The Hall–Kier alpha value is -0.610. The van der Waals surface area contributed by atoms with E-state index < -0.39 is 6.10 Å². The number of aliphatic hydroxyl groups excluding tert-OH is 1. The molecule has 0 fully saturated rings. The number of ether oxygens (including phenoxy) is 1. The summed E-state index contributed by atoms with van der Waals surface area (Å²) in [5, 5.41) is 13.7. The fraction of sp³-hybridized carbons (Fsp3) is 0.538. The normalized spacial score (nSPS) is 13.7. The average molecular weight is 258 g/mol. The number of methoxy groups -OCH3 is 1. The van der Waals surface area contributed by atoms with Gasteiger partial charge in [-0.1, -0.05) is 29.8 Å². The molecule has 0 aliphatic rings. The second-order valence-corrected chi connectivity index (χ2v) is 5.04. The van der Waals surface area contributed by atoms with Gasteiger partial charge < -0.3 is 15.2 Å². The zero-order valence-corrected chi connectivity index (χ0v) is 11.3. The Balaban J connectivity index is 2.46. The highest BCUT2D eigenvalue weighted by Crippen LogP contribution is 2.21. The Labute approximate surface area is 108 Å². The highest BCUT2D eigenvalue weighted by molar-refractivity contribution is 6.31. The SMILES string of the molecule is COC(C)(C)CNCC(O)c1ccccc1Cl. The molecular formula is C13H20ClNO2. The van der Waals surface area contributed by atoms with E-state index in [1.165, 1.54) is 0 Å². The Morgan fingerprint density at radius 3 is 2.65 bits per heavy atom. The number of aliphatic hydroxyl groups is 1. The van der Waals surface area contributed by atoms with Crippen LogP contribution in [0.3, 0.4) is 0 Å². The summed E-state index contributed by atoms with van der Waals surface area (Å²) in [6, 6.07) is 7.32. The Morgan fingerprint density at radius 1 is 1.41 bits per heavy atom. The van der Waals surface area contributed by atoms with E-state index in [0.29, 0.717) is 18.1 Å². The summed E-state index contributed by atoms with van der Waals surface area (Å²) >= 11 is 6.00. The fourth-order valence-electron chi connectivity index (χ4n) is 1.44. The third kappa shape index (κ3) is 4.64. The van der Waals surface area contributed by atoms with Gasteiger partial charge in [0.05, 0.1) is 11.7 Å². The van der Waals surface area contributed by atoms with E-state index in [0.717, 1.165) is 5.56 Å². The van der Waals surface area contributed by atoms with Gasteiger partial charge in [-0.2, -0.15) is 0 Å². The van der Waals surface area contributed by atoms with Crippen LogP contribution >= 0.6 is 11.6 Å². The summed E-state index contributed by atoms with van der Waals surface area (Å²) in [4.78, 5) is 0. The quantitative estimate of drug-likeness (QED) is 0.822. The molecule has 0 bridgehead atoms. The maximum Gasteiger partial charge on any atom is 0.0928 e. The summed E-state index contributed by atoms with van der Waals surface area (Å²) in [6.45, 7) is 5.10. The van der Waals surface area contributed by atoms with Crippen molar-refractivity contribution in [2.45, 2.75) is 25.6 Å². The summed E-state index contributed by atoms with van der Waals surface area (Å²) in [5.41, 5.74) is 0.511. The van der Waals surface area contributed by atoms with Crippen LogP contribution in [0.25, 0.3) is 0 Å². The van der Waals surface area contributed by atoms with Crippen LogP contribution in [-0.4, -0.2) is 30.9 Å². The van der Waals surface area contributed by atoms with Gasteiger partial charge in [0.1, 0.15) is 0 Å². The lowest BCUT2D eigenvalue weighted by Crippen LogP contribution is -2.38. The van der Waals surface area contributed by atoms with Gasteiger partial charge in [-0.15, -0.1) is 0 Å². The molecule has 0 saturated heterocycles. The van der Waals surface area contributed by atoms with E-state index in [1.807, 2.05) is 32.0 Å². The number of nitrogens with one attached hydrogen (secondary N) is 1. The molecule has 1 rings (SSSR count). The summed E-state index contributed by atoms with van der Waals surface area (Å²) in [5.74, 6) is 0. The van der Waals surface area contributed by atoms with Crippen LogP contribution in [0.4, 0.5) is 0 Å². The molecule has 1 atom stereocenters. The molecular weight excluding hydrogens is 238 g/mol. The predicted molar refractivity (Wildman–Crippen MR) is 70.4 cm³/mol. The minimum atomic E-state index is -0.601. The molecule has 0 spiro atoms. The Bertz CT molecular complexity index is 355. The van der Waals surface area contributed by atoms with Crippen molar-refractivity contribution < 1.29 is 9.84 Å². The molecule has 0 saturated carbocycles. The predicted octanol–water partition coefficient (Wildman–Crippen LogP) is 2.39. The fourth-order valence-corrected chi connectivity index (χ4v) is 1.70. The van der Waals surface area contributed by atoms with Crippen molar-refractivity contribution in [2.24, 2.45) is 0 Å². The molecule has 17 heavy (non-hydrogen) atoms. The molecule has 0 radical (unpaired) electrons. The van der Waals surface area contributed by atoms with Gasteiger partial charge >= 0.3 is 0 Å². The molecule has 0 aliphatic heterocycles. The van der Waals surface area contributed by atoms with Crippen LogP contribution in [0, 0.1) is 0 Å². The van der Waals surface area contributed by atoms with Gasteiger partial charge in [-0.25, -0.2) is 0 Å². The van der Waals surface area contributed by atoms with Crippen LogP contribution in [0.2, 0.25) is 5.02 Å². The largest absolute Gasteiger partial charge is 0.387 e. The molecule has 1 aromatic carbocycles. The van der Waals surface area contributed by atoms with Gasteiger partial charge in [0.2, 0.25) is 0 Å². The second-order valence-electron chi connectivity index (χ2n) is 4.63. The van der Waals surface area contributed by atoms with Crippen LogP contribution in [0.15, 0.2) is 24.3 Å². The molecule has 96 valence electrons. The average Bonchev–Trinajstić information content (AvgIpc) is 2.29. The monoisotopic (exact) mass is 257 g/mol. The maximum atomic E-state index is 9.98.